The number of carbonyl (C=O) groups is 1. The van der Waals surface area contributed by atoms with Crippen LogP contribution >= 0.6 is 12.4 Å². The molecule has 0 saturated carbocycles. The molecule has 0 aliphatic carbocycles. The summed E-state index contributed by atoms with van der Waals surface area (Å²) in [6.07, 6.45) is 2.14. The third kappa shape index (κ3) is 3.72. The molecular formula is C19H24ClN3O2. The number of rotatable bonds is 2. The molecule has 0 unspecified atom stereocenters. The lowest BCUT2D eigenvalue weighted by Crippen LogP contribution is -2.32. The minimum atomic E-state index is -0.0335. The van der Waals surface area contributed by atoms with E-state index in [2.05, 4.69) is 10.5 Å². The highest BCUT2D eigenvalue weighted by Gasteiger charge is 2.32. The maximum Gasteiger partial charge on any atom is 0.292 e. The SMILES string of the molecule is Cc1ccc(-c2cc(C(=O)N3CC[C@@H]4CNC[C@@H]4CC3)on2)cc1.Cl. The van der Waals surface area contributed by atoms with Crippen LogP contribution in [0.3, 0.4) is 0 Å². The average molecular weight is 362 g/mol. The van der Waals surface area contributed by atoms with Crippen molar-refractivity contribution in [2.45, 2.75) is 19.8 Å². The lowest BCUT2D eigenvalue weighted by molar-refractivity contribution is 0.0716. The summed E-state index contributed by atoms with van der Waals surface area (Å²) in [4.78, 5) is 14.7. The number of carbonyl (C=O) groups excluding carboxylic acids is 1. The van der Waals surface area contributed by atoms with Gasteiger partial charge in [-0.3, -0.25) is 4.79 Å². The Hall–Kier alpha value is -1.85. The van der Waals surface area contributed by atoms with Crippen LogP contribution in [0.1, 0.15) is 29.0 Å². The van der Waals surface area contributed by atoms with Gasteiger partial charge in [-0.15, -0.1) is 12.4 Å². The molecule has 0 bridgehead atoms. The number of aromatic nitrogens is 1. The van der Waals surface area contributed by atoms with Gasteiger partial charge in [0.15, 0.2) is 0 Å². The Bertz CT molecular complexity index is 715. The number of amides is 1. The van der Waals surface area contributed by atoms with Crippen LogP contribution in [0.5, 0.6) is 0 Å². The van der Waals surface area contributed by atoms with Crippen molar-refractivity contribution in [1.82, 2.24) is 15.4 Å². The Morgan fingerprint density at radius 1 is 1.16 bits per heavy atom. The van der Waals surface area contributed by atoms with Gasteiger partial charge in [-0.1, -0.05) is 35.0 Å². The molecule has 2 aliphatic rings. The fourth-order valence-corrected chi connectivity index (χ4v) is 3.81. The van der Waals surface area contributed by atoms with Crippen molar-refractivity contribution in [2.75, 3.05) is 26.2 Å². The van der Waals surface area contributed by atoms with E-state index in [4.69, 9.17) is 4.52 Å². The van der Waals surface area contributed by atoms with Gasteiger partial charge in [0.05, 0.1) is 0 Å². The zero-order valence-corrected chi connectivity index (χ0v) is 15.2. The van der Waals surface area contributed by atoms with Crippen LogP contribution in [-0.4, -0.2) is 42.1 Å². The number of fused-ring (bicyclic) bond motifs is 1. The first kappa shape index (κ1) is 18.0. The van der Waals surface area contributed by atoms with E-state index in [0.29, 0.717) is 23.3 Å². The molecule has 2 fully saturated rings. The summed E-state index contributed by atoms with van der Waals surface area (Å²) in [5.74, 6) is 1.73. The van der Waals surface area contributed by atoms with Gasteiger partial charge in [-0.05, 0) is 44.7 Å². The molecule has 0 spiro atoms. The second kappa shape index (κ2) is 7.58. The molecule has 134 valence electrons. The van der Waals surface area contributed by atoms with E-state index >= 15 is 0 Å². The van der Waals surface area contributed by atoms with Gasteiger partial charge in [0.25, 0.3) is 5.91 Å². The highest BCUT2D eigenvalue weighted by molar-refractivity contribution is 5.92. The maximum atomic E-state index is 12.7. The first-order chi connectivity index (χ1) is 11.7. The van der Waals surface area contributed by atoms with E-state index in [1.807, 2.05) is 36.1 Å². The van der Waals surface area contributed by atoms with Gasteiger partial charge < -0.3 is 14.7 Å². The van der Waals surface area contributed by atoms with Crippen molar-refractivity contribution < 1.29 is 9.32 Å². The second-order valence-electron chi connectivity index (χ2n) is 6.99. The number of likely N-dealkylation sites (tertiary alicyclic amines) is 1. The zero-order valence-electron chi connectivity index (χ0n) is 14.4. The Morgan fingerprint density at radius 2 is 1.80 bits per heavy atom. The predicted molar refractivity (Wildman–Crippen MR) is 98.9 cm³/mol. The smallest absolute Gasteiger partial charge is 0.292 e. The number of benzene rings is 1. The topological polar surface area (TPSA) is 58.4 Å². The lowest BCUT2D eigenvalue weighted by atomic mass is 9.92. The number of hydrogen-bond acceptors (Lipinski definition) is 4. The summed E-state index contributed by atoms with van der Waals surface area (Å²) in [5.41, 5.74) is 2.89. The molecule has 4 rings (SSSR count). The van der Waals surface area contributed by atoms with E-state index in [0.717, 1.165) is 44.6 Å². The summed E-state index contributed by atoms with van der Waals surface area (Å²) in [5, 5.41) is 7.54. The normalized spacial score (nSPS) is 22.8. The molecule has 2 aromatic rings. The average Bonchev–Trinajstić information content (AvgIpc) is 3.21. The van der Waals surface area contributed by atoms with Crippen LogP contribution < -0.4 is 5.32 Å². The van der Waals surface area contributed by atoms with Crippen LogP contribution in [-0.2, 0) is 0 Å². The quantitative estimate of drug-likeness (QED) is 0.892. The fourth-order valence-electron chi connectivity index (χ4n) is 3.81. The van der Waals surface area contributed by atoms with Crippen molar-refractivity contribution in [3.8, 4) is 11.3 Å². The molecule has 1 N–H and O–H groups in total. The minimum Gasteiger partial charge on any atom is -0.350 e. The van der Waals surface area contributed by atoms with E-state index < -0.39 is 0 Å². The van der Waals surface area contributed by atoms with Crippen LogP contribution in [0.15, 0.2) is 34.9 Å². The Morgan fingerprint density at radius 3 is 2.44 bits per heavy atom. The summed E-state index contributed by atoms with van der Waals surface area (Å²) < 4.78 is 5.35. The molecule has 0 radical (unpaired) electrons. The number of aryl methyl sites for hydroxylation is 1. The van der Waals surface area contributed by atoms with Crippen LogP contribution in [0, 0.1) is 18.8 Å². The van der Waals surface area contributed by atoms with E-state index in [1.54, 1.807) is 6.07 Å². The third-order valence-electron chi connectivity index (χ3n) is 5.37. The zero-order chi connectivity index (χ0) is 16.5. The Balaban J connectivity index is 0.00000182. The van der Waals surface area contributed by atoms with Gasteiger partial charge in [0, 0.05) is 24.7 Å². The van der Waals surface area contributed by atoms with Gasteiger partial charge in [-0.25, -0.2) is 0 Å². The van der Waals surface area contributed by atoms with Gasteiger partial charge in [0.2, 0.25) is 5.76 Å². The molecule has 3 heterocycles. The molecule has 25 heavy (non-hydrogen) atoms. The molecule has 2 saturated heterocycles. The monoisotopic (exact) mass is 361 g/mol. The minimum absolute atomic E-state index is 0. The molecular weight excluding hydrogens is 338 g/mol. The highest BCUT2D eigenvalue weighted by Crippen LogP contribution is 2.28. The number of hydrogen-bond donors (Lipinski definition) is 1. The van der Waals surface area contributed by atoms with E-state index in [-0.39, 0.29) is 18.3 Å². The van der Waals surface area contributed by atoms with Crippen molar-refractivity contribution >= 4 is 18.3 Å². The first-order valence-corrected chi connectivity index (χ1v) is 8.74. The van der Waals surface area contributed by atoms with Crippen molar-refractivity contribution in [2.24, 2.45) is 11.8 Å². The molecule has 2 atom stereocenters. The largest absolute Gasteiger partial charge is 0.350 e. The van der Waals surface area contributed by atoms with Crippen LogP contribution in [0.25, 0.3) is 11.3 Å². The van der Waals surface area contributed by atoms with Gasteiger partial charge >= 0.3 is 0 Å². The molecule has 1 aromatic carbocycles. The molecule has 2 aliphatic heterocycles. The standard InChI is InChI=1S/C19H23N3O2.ClH/c1-13-2-4-14(5-3-13)17-10-18(24-21-17)19(23)22-8-6-15-11-20-12-16(15)7-9-22;/h2-5,10,15-16,20H,6-9,11-12H2,1H3;1H/t15-,16+;. The van der Waals surface area contributed by atoms with Gasteiger partial charge in [-0.2, -0.15) is 0 Å². The van der Waals surface area contributed by atoms with Crippen molar-refractivity contribution in [3.05, 3.63) is 41.7 Å². The molecule has 5 nitrogen and oxygen atoms in total. The van der Waals surface area contributed by atoms with Crippen molar-refractivity contribution in [1.29, 1.82) is 0 Å². The number of halogens is 1. The third-order valence-corrected chi connectivity index (χ3v) is 5.37. The summed E-state index contributed by atoms with van der Waals surface area (Å²) in [7, 11) is 0. The Labute approximate surface area is 154 Å². The molecule has 6 heteroatoms. The second-order valence-corrected chi connectivity index (χ2v) is 6.99. The predicted octanol–water partition coefficient (Wildman–Crippen LogP) is 3.14. The van der Waals surface area contributed by atoms with Crippen LogP contribution in [0.2, 0.25) is 0 Å². The first-order valence-electron chi connectivity index (χ1n) is 8.74. The fraction of sp³-hybridized carbons (Fsp3) is 0.474. The maximum absolute atomic E-state index is 12.7. The molecule has 1 amide bonds. The number of nitrogens with one attached hydrogen (secondary N) is 1. The Kier molecular flexibility index (Phi) is 5.45. The summed E-state index contributed by atoms with van der Waals surface area (Å²) in [6, 6.07) is 9.84. The summed E-state index contributed by atoms with van der Waals surface area (Å²) >= 11 is 0. The van der Waals surface area contributed by atoms with Gasteiger partial charge in [0.1, 0.15) is 5.69 Å². The summed E-state index contributed by atoms with van der Waals surface area (Å²) in [6.45, 7) is 5.84. The highest BCUT2D eigenvalue weighted by atomic mass is 35.5. The van der Waals surface area contributed by atoms with E-state index in [1.165, 1.54) is 5.56 Å². The van der Waals surface area contributed by atoms with E-state index in [9.17, 15) is 4.79 Å². The van der Waals surface area contributed by atoms with Crippen LogP contribution in [0.4, 0.5) is 0 Å². The van der Waals surface area contributed by atoms with Crippen molar-refractivity contribution in [3.63, 3.8) is 0 Å². The number of nitrogens with zero attached hydrogens (tertiary/aromatic N) is 2. The molecule has 1 aromatic heterocycles. The lowest BCUT2D eigenvalue weighted by Gasteiger charge is -2.19.